The number of aromatic nitrogens is 2. The zero-order valence-electron chi connectivity index (χ0n) is 15.7. The Balaban J connectivity index is 1.70. The van der Waals surface area contributed by atoms with Crippen molar-refractivity contribution in [2.75, 3.05) is 0 Å². The van der Waals surface area contributed by atoms with Gasteiger partial charge in [-0.1, -0.05) is 30.3 Å². The average molecular weight is 381 g/mol. The molecule has 8 heteroatoms. The van der Waals surface area contributed by atoms with Crippen molar-refractivity contribution in [3.05, 3.63) is 65.1 Å². The third kappa shape index (κ3) is 4.73. The summed E-state index contributed by atoms with van der Waals surface area (Å²) in [5.74, 6) is 0.693. The molecule has 1 aromatic carbocycles. The van der Waals surface area contributed by atoms with Gasteiger partial charge in [-0.2, -0.15) is 0 Å². The van der Waals surface area contributed by atoms with Crippen LogP contribution >= 0.6 is 0 Å². The monoisotopic (exact) mass is 381 g/mol. The zero-order valence-corrected chi connectivity index (χ0v) is 15.7. The van der Waals surface area contributed by atoms with Crippen LogP contribution in [0.1, 0.15) is 29.9 Å². The van der Waals surface area contributed by atoms with E-state index in [2.05, 4.69) is 15.5 Å². The lowest BCUT2D eigenvalue weighted by Crippen LogP contribution is -2.26. The van der Waals surface area contributed by atoms with Gasteiger partial charge in [-0.05, 0) is 31.6 Å². The predicted molar refractivity (Wildman–Crippen MR) is 99.5 cm³/mol. The molecule has 1 amide bonds. The molecule has 0 saturated carbocycles. The largest absolute Gasteiger partial charge is 0.466 e. The van der Waals surface area contributed by atoms with E-state index in [1.165, 1.54) is 13.0 Å². The topological polar surface area (TPSA) is 107 Å². The van der Waals surface area contributed by atoms with Crippen molar-refractivity contribution in [3.8, 4) is 11.5 Å². The summed E-state index contributed by atoms with van der Waals surface area (Å²) >= 11 is 0. The van der Waals surface area contributed by atoms with Gasteiger partial charge in [-0.25, -0.2) is 4.79 Å². The number of furan rings is 1. The second-order valence-corrected chi connectivity index (χ2v) is 6.05. The van der Waals surface area contributed by atoms with E-state index in [0.717, 1.165) is 11.3 Å². The van der Waals surface area contributed by atoms with E-state index in [9.17, 15) is 9.59 Å². The molecule has 144 valence electrons. The van der Waals surface area contributed by atoms with Crippen molar-refractivity contribution in [2.24, 2.45) is 0 Å². The highest BCUT2D eigenvalue weighted by Crippen LogP contribution is 2.25. The minimum atomic E-state index is -0.714. The summed E-state index contributed by atoms with van der Waals surface area (Å²) in [5.41, 5.74) is 1.44. The lowest BCUT2D eigenvalue weighted by molar-refractivity contribution is -0.142. The number of nitrogens with one attached hydrogen (secondary N) is 1. The van der Waals surface area contributed by atoms with Crippen LogP contribution in [-0.4, -0.2) is 22.1 Å². The van der Waals surface area contributed by atoms with Crippen molar-refractivity contribution in [3.63, 3.8) is 0 Å². The Morgan fingerprint density at radius 1 is 1.14 bits per heavy atom. The molecule has 0 unspecified atom stereocenters. The van der Waals surface area contributed by atoms with E-state index in [1.54, 1.807) is 25.1 Å². The summed E-state index contributed by atoms with van der Waals surface area (Å²) in [6.45, 7) is 4.69. The van der Waals surface area contributed by atoms with Crippen LogP contribution in [0.4, 0.5) is 0 Å². The normalized spacial score (nSPS) is 11.3. The molecule has 0 radical (unpaired) electrons. The zero-order chi connectivity index (χ0) is 20.1. The number of hydrogen-bond acceptors (Lipinski definition) is 7. The first-order valence-electron chi connectivity index (χ1n) is 8.53. The molecule has 0 bridgehead atoms. The molecule has 8 nitrogen and oxygen atoms in total. The van der Waals surface area contributed by atoms with Gasteiger partial charge in [0.2, 0.25) is 5.91 Å². The molecule has 0 aliphatic carbocycles. The molecule has 0 atom stereocenters. The van der Waals surface area contributed by atoms with Crippen LogP contribution in [0.2, 0.25) is 0 Å². The third-order valence-electron chi connectivity index (χ3n) is 3.71. The maximum atomic E-state index is 12.4. The Morgan fingerprint density at radius 2 is 1.89 bits per heavy atom. The van der Waals surface area contributed by atoms with Gasteiger partial charge in [0, 0.05) is 6.92 Å². The van der Waals surface area contributed by atoms with Gasteiger partial charge < -0.3 is 18.9 Å². The molecule has 0 aliphatic heterocycles. The number of ether oxygens (including phenoxy) is 1. The van der Waals surface area contributed by atoms with Crippen LogP contribution in [0, 0.1) is 13.8 Å². The van der Waals surface area contributed by atoms with Crippen molar-refractivity contribution < 1.29 is 23.2 Å². The number of aryl methyl sites for hydroxylation is 2. The lowest BCUT2D eigenvalue weighted by Gasteiger charge is -2.07. The van der Waals surface area contributed by atoms with Crippen LogP contribution in [0.5, 0.6) is 0 Å². The first kappa shape index (κ1) is 19.1. The number of amides is 1. The Hall–Kier alpha value is -3.68. The number of esters is 1. The minimum absolute atomic E-state index is 0.0137. The molecule has 2 aromatic heterocycles. The maximum absolute atomic E-state index is 12.4. The number of carbonyl (C=O) groups excluding carboxylic acids is 2. The van der Waals surface area contributed by atoms with Gasteiger partial charge in [-0.3, -0.25) is 4.79 Å². The highest BCUT2D eigenvalue weighted by Gasteiger charge is 2.17. The molecular formula is C20H19N3O5. The van der Waals surface area contributed by atoms with Crippen molar-refractivity contribution in [2.45, 2.75) is 27.4 Å². The van der Waals surface area contributed by atoms with Crippen molar-refractivity contribution >= 4 is 18.0 Å². The van der Waals surface area contributed by atoms with E-state index in [4.69, 9.17) is 13.6 Å². The van der Waals surface area contributed by atoms with Crippen LogP contribution in [0.25, 0.3) is 17.5 Å². The van der Waals surface area contributed by atoms with Crippen LogP contribution in [0.3, 0.4) is 0 Å². The minimum Gasteiger partial charge on any atom is -0.466 e. The smallest absolute Gasteiger partial charge is 0.355 e. The Labute approximate surface area is 161 Å². The van der Waals surface area contributed by atoms with Gasteiger partial charge in [-0.15, -0.1) is 10.2 Å². The molecule has 28 heavy (non-hydrogen) atoms. The molecule has 3 rings (SSSR count). The van der Waals surface area contributed by atoms with Crippen molar-refractivity contribution in [1.29, 1.82) is 0 Å². The predicted octanol–water partition coefficient (Wildman–Crippen LogP) is 3.17. The number of carbonyl (C=O) groups is 2. The van der Waals surface area contributed by atoms with Gasteiger partial charge >= 0.3 is 5.97 Å². The number of rotatable bonds is 6. The summed E-state index contributed by atoms with van der Waals surface area (Å²) in [4.78, 5) is 23.8. The number of hydrogen-bond donors (Lipinski definition) is 1. The molecular weight excluding hydrogens is 362 g/mol. The van der Waals surface area contributed by atoms with E-state index >= 15 is 0 Å². The van der Waals surface area contributed by atoms with Gasteiger partial charge in [0.15, 0.2) is 6.61 Å². The second-order valence-electron chi connectivity index (χ2n) is 6.05. The Bertz CT molecular complexity index is 1020. The van der Waals surface area contributed by atoms with E-state index in [-0.39, 0.29) is 30.0 Å². The number of nitrogens with zero attached hydrogens (tertiary/aromatic N) is 2. The maximum Gasteiger partial charge on any atom is 0.355 e. The van der Waals surface area contributed by atoms with Crippen molar-refractivity contribution in [1.82, 2.24) is 15.5 Å². The highest BCUT2D eigenvalue weighted by atomic mass is 16.5. The SMILES string of the molecule is CC(=O)N/C(=C\c1ccccc1)C(=O)OCc1nnc(-c2cc(C)oc2C)o1. The van der Waals surface area contributed by atoms with Gasteiger partial charge in [0.1, 0.15) is 17.2 Å². The molecule has 0 saturated heterocycles. The van der Waals surface area contributed by atoms with Gasteiger partial charge in [0.25, 0.3) is 11.8 Å². The molecule has 0 aliphatic rings. The third-order valence-corrected chi connectivity index (χ3v) is 3.71. The van der Waals surface area contributed by atoms with Crippen LogP contribution in [0.15, 0.2) is 50.9 Å². The second kappa shape index (κ2) is 8.34. The molecule has 3 aromatic rings. The fourth-order valence-corrected chi connectivity index (χ4v) is 2.52. The summed E-state index contributed by atoms with van der Waals surface area (Å²) in [7, 11) is 0. The molecule has 1 N–H and O–H groups in total. The molecule has 0 spiro atoms. The fraction of sp³-hybridized carbons (Fsp3) is 0.200. The summed E-state index contributed by atoms with van der Waals surface area (Å²) in [6.07, 6.45) is 1.53. The quantitative estimate of drug-likeness (QED) is 0.516. The Kier molecular flexibility index (Phi) is 5.69. The fourth-order valence-electron chi connectivity index (χ4n) is 2.52. The van der Waals surface area contributed by atoms with Crippen LogP contribution < -0.4 is 5.32 Å². The first-order chi connectivity index (χ1) is 13.4. The number of benzene rings is 1. The first-order valence-corrected chi connectivity index (χ1v) is 8.53. The lowest BCUT2D eigenvalue weighted by atomic mass is 10.2. The van der Waals surface area contributed by atoms with E-state index in [1.807, 2.05) is 25.1 Å². The van der Waals surface area contributed by atoms with E-state index < -0.39 is 5.97 Å². The van der Waals surface area contributed by atoms with E-state index in [0.29, 0.717) is 11.3 Å². The molecule has 0 fully saturated rings. The Morgan fingerprint density at radius 3 is 2.54 bits per heavy atom. The average Bonchev–Trinajstić information content (AvgIpc) is 3.25. The highest BCUT2D eigenvalue weighted by molar-refractivity contribution is 5.97. The molecule has 2 heterocycles. The van der Waals surface area contributed by atoms with Gasteiger partial charge in [0.05, 0.1) is 5.56 Å². The summed E-state index contributed by atoms with van der Waals surface area (Å²) in [6, 6.07) is 10.9. The van der Waals surface area contributed by atoms with Crippen LogP contribution in [-0.2, 0) is 20.9 Å². The summed E-state index contributed by atoms with van der Waals surface area (Å²) in [5, 5.41) is 10.3. The standard InChI is InChI=1S/C20H19N3O5/c1-12-9-16(13(2)27-12)19-23-22-18(28-19)11-26-20(25)17(21-14(3)24)10-15-7-5-4-6-8-15/h4-10H,11H2,1-3H3,(H,21,24)/b17-10-. The summed E-state index contributed by atoms with van der Waals surface area (Å²) < 4.78 is 16.2.